The van der Waals surface area contributed by atoms with Gasteiger partial charge in [0.05, 0.1) is 12.0 Å². The van der Waals surface area contributed by atoms with E-state index in [0.717, 1.165) is 19.1 Å². The summed E-state index contributed by atoms with van der Waals surface area (Å²) in [6.07, 6.45) is 3.06. The summed E-state index contributed by atoms with van der Waals surface area (Å²) in [7, 11) is -6.93. The zero-order valence-electron chi connectivity index (χ0n) is 12.0. The topological polar surface area (TPSA) is 121 Å². The Kier molecular flexibility index (Phi) is 6.57. The maximum Gasteiger partial charge on any atom is 0.303 e. The lowest BCUT2D eigenvalue weighted by atomic mass is 10.1. The number of carboxylic acids is 1. The number of carboxylic acid groups (broad SMARTS) is 1. The highest BCUT2D eigenvalue weighted by Crippen LogP contribution is 2.21. The molecule has 10 heteroatoms. The van der Waals surface area contributed by atoms with Crippen molar-refractivity contribution in [2.75, 3.05) is 25.1 Å². The van der Waals surface area contributed by atoms with Crippen LogP contribution in [0.5, 0.6) is 0 Å². The third kappa shape index (κ3) is 6.72. The second-order valence-corrected chi connectivity index (χ2v) is 9.07. The molecule has 1 unspecified atom stereocenters. The van der Waals surface area contributed by atoms with Crippen LogP contribution in [0.4, 0.5) is 0 Å². The monoisotopic (exact) mass is 342 g/mol. The van der Waals surface area contributed by atoms with Gasteiger partial charge in [-0.15, -0.1) is 0 Å². The second kappa shape index (κ2) is 7.52. The molecule has 1 rings (SSSR count). The zero-order valence-corrected chi connectivity index (χ0v) is 13.6. The van der Waals surface area contributed by atoms with Crippen molar-refractivity contribution >= 4 is 26.0 Å². The Morgan fingerprint density at radius 2 is 1.95 bits per heavy atom. The van der Waals surface area contributed by atoms with Gasteiger partial charge < -0.3 is 5.11 Å². The van der Waals surface area contributed by atoms with Crippen LogP contribution in [0.1, 0.15) is 32.1 Å². The van der Waals surface area contributed by atoms with E-state index in [1.807, 2.05) is 0 Å². The van der Waals surface area contributed by atoms with E-state index in [2.05, 4.69) is 4.72 Å². The minimum absolute atomic E-state index is 0.0526. The van der Waals surface area contributed by atoms with Crippen LogP contribution < -0.4 is 4.72 Å². The van der Waals surface area contributed by atoms with Gasteiger partial charge in [-0.1, -0.05) is 6.42 Å². The van der Waals surface area contributed by atoms with Crippen LogP contribution in [0.25, 0.3) is 0 Å². The molecular weight excluding hydrogens is 320 g/mol. The van der Waals surface area contributed by atoms with Crippen LogP contribution in [-0.2, 0) is 24.8 Å². The fourth-order valence-electron chi connectivity index (χ4n) is 2.31. The molecule has 2 N–H and O–H groups in total. The molecule has 1 fully saturated rings. The number of aliphatic carboxylic acids is 1. The number of hydrogen-bond donors (Lipinski definition) is 2. The lowest BCUT2D eigenvalue weighted by Crippen LogP contribution is -2.49. The fourth-order valence-corrected chi connectivity index (χ4v) is 4.60. The first-order valence-corrected chi connectivity index (χ1v) is 10.3. The number of hydrogen-bond acceptors (Lipinski definition) is 5. The van der Waals surface area contributed by atoms with Gasteiger partial charge in [0.15, 0.2) is 0 Å². The maximum atomic E-state index is 12.3. The van der Waals surface area contributed by atoms with Gasteiger partial charge in [-0.25, -0.2) is 21.6 Å². The fraction of sp³-hybridized carbons (Fsp3) is 0.909. The molecule has 0 saturated carbocycles. The standard InChI is InChI=1S/C11H22N2O6S2/c1-20(16,17)12-9-10-5-2-3-7-13(10)21(18,19)8-4-6-11(14)15/h10,12H,2-9H2,1H3,(H,14,15). The first-order chi connectivity index (χ1) is 9.62. The van der Waals surface area contributed by atoms with Gasteiger partial charge in [0.25, 0.3) is 0 Å². The molecule has 0 bridgehead atoms. The largest absolute Gasteiger partial charge is 0.481 e. The highest BCUT2D eigenvalue weighted by atomic mass is 32.2. The van der Waals surface area contributed by atoms with E-state index >= 15 is 0 Å². The van der Waals surface area contributed by atoms with Crippen molar-refractivity contribution in [2.45, 2.75) is 38.1 Å². The quantitative estimate of drug-likeness (QED) is 0.618. The van der Waals surface area contributed by atoms with Crippen LogP contribution in [0.15, 0.2) is 0 Å². The Labute approximate surface area is 125 Å². The third-order valence-electron chi connectivity index (χ3n) is 3.30. The van der Waals surface area contributed by atoms with E-state index in [1.54, 1.807) is 0 Å². The van der Waals surface area contributed by atoms with E-state index in [0.29, 0.717) is 13.0 Å². The zero-order chi connectivity index (χ0) is 16.1. The highest BCUT2D eigenvalue weighted by Gasteiger charge is 2.32. The minimum Gasteiger partial charge on any atom is -0.481 e. The van der Waals surface area contributed by atoms with Crippen LogP contribution in [0.2, 0.25) is 0 Å². The van der Waals surface area contributed by atoms with Gasteiger partial charge in [0, 0.05) is 25.6 Å². The molecular formula is C11H22N2O6S2. The number of piperidine rings is 1. The van der Waals surface area contributed by atoms with Crippen molar-refractivity contribution in [3.8, 4) is 0 Å². The third-order valence-corrected chi connectivity index (χ3v) is 6.00. The summed E-state index contributed by atoms with van der Waals surface area (Å²) < 4.78 is 50.4. The predicted octanol–water partition coefficient (Wildman–Crippen LogP) is -0.415. The van der Waals surface area contributed by atoms with Crippen molar-refractivity contribution in [3.05, 3.63) is 0 Å². The summed E-state index contributed by atoms with van der Waals surface area (Å²) in [6, 6.07) is -0.400. The SMILES string of the molecule is CS(=O)(=O)NCC1CCCCN1S(=O)(=O)CCCC(=O)O. The molecule has 0 aromatic carbocycles. The minimum atomic E-state index is -3.56. The maximum absolute atomic E-state index is 12.3. The molecule has 0 aromatic heterocycles. The molecule has 0 aromatic rings. The van der Waals surface area contributed by atoms with Gasteiger partial charge in [0.1, 0.15) is 0 Å². The molecule has 0 amide bonds. The number of nitrogens with one attached hydrogen (secondary N) is 1. The molecule has 0 aliphatic carbocycles. The Balaban J connectivity index is 2.68. The van der Waals surface area contributed by atoms with Crippen molar-refractivity contribution in [2.24, 2.45) is 0 Å². The van der Waals surface area contributed by atoms with Crippen LogP contribution in [0.3, 0.4) is 0 Å². The molecule has 21 heavy (non-hydrogen) atoms. The van der Waals surface area contributed by atoms with Gasteiger partial charge >= 0.3 is 5.97 Å². The average molecular weight is 342 g/mol. The molecule has 124 valence electrons. The van der Waals surface area contributed by atoms with Gasteiger partial charge in [-0.3, -0.25) is 4.79 Å². The van der Waals surface area contributed by atoms with E-state index < -0.39 is 32.1 Å². The first-order valence-electron chi connectivity index (χ1n) is 6.78. The molecule has 1 heterocycles. The highest BCUT2D eigenvalue weighted by molar-refractivity contribution is 7.89. The summed E-state index contributed by atoms with van der Waals surface area (Å²) in [5, 5.41) is 8.56. The Morgan fingerprint density at radius 1 is 1.29 bits per heavy atom. The van der Waals surface area contributed by atoms with Crippen LogP contribution in [-0.4, -0.2) is 63.4 Å². The van der Waals surface area contributed by atoms with Gasteiger partial charge in [0.2, 0.25) is 20.0 Å². The summed E-state index contributed by atoms with van der Waals surface area (Å²) in [5.74, 6) is -1.26. The van der Waals surface area contributed by atoms with Gasteiger partial charge in [-0.2, -0.15) is 4.31 Å². The van der Waals surface area contributed by atoms with Crippen LogP contribution in [0, 0.1) is 0 Å². The molecule has 0 radical (unpaired) electrons. The number of rotatable bonds is 8. The van der Waals surface area contributed by atoms with E-state index in [-0.39, 0.29) is 25.1 Å². The van der Waals surface area contributed by atoms with Gasteiger partial charge in [-0.05, 0) is 19.3 Å². The summed E-state index contributed by atoms with van der Waals surface area (Å²) in [5.41, 5.74) is 0. The van der Waals surface area contributed by atoms with E-state index in [1.165, 1.54) is 4.31 Å². The molecule has 1 saturated heterocycles. The van der Waals surface area contributed by atoms with E-state index in [4.69, 9.17) is 5.11 Å². The predicted molar refractivity (Wildman–Crippen MR) is 77.8 cm³/mol. The summed E-state index contributed by atoms with van der Waals surface area (Å²) in [4.78, 5) is 10.5. The lowest BCUT2D eigenvalue weighted by molar-refractivity contribution is -0.137. The molecule has 8 nitrogen and oxygen atoms in total. The van der Waals surface area contributed by atoms with Crippen molar-refractivity contribution in [1.29, 1.82) is 0 Å². The smallest absolute Gasteiger partial charge is 0.303 e. The Bertz CT molecular complexity index is 557. The number of nitrogens with zero attached hydrogens (tertiary/aromatic N) is 1. The van der Waals surface area contributed by atoms with E-state index in [9.17, 15) is 21.6 Å². The molecule has 1 aliphatic rings. The number of sulfonamides is 2. The summed E-state index contributed by atoms with van der Waals surface area (Å²) >= 11 is 0. The Morgan fingerprint density at radius 3 is 2.52 bits per heavy atom. The first kappa shape index (κ1) is 18.3. The molecule has 0 spiro atoms. The lowest BCUT2D eigenvalue weighted by Gasteiger charge is -2.34. The summed E-state index contributed by atoms with van der Waals surface area (Å²) in [6.45, 7) is 0.405. The normalized spacial score (nSPS) is 21.3. The van der Waals surface area contributed by atoms with Crippen molar-refractivity contribution in [3.63, 3.8) is 0 Å². The van der Waals surface area contributed by atoms with Crippen LogP contribution >= 0.6 is 0 Å². The average Bonchev–Trinajstić information content (AvgIpc) is 2.35. The molecule has 1 atom stereocenters. The molecule has 1 aliphatic heterocycles. The second-order valence-electron chi connectivity index (χ2n) is 5.19. The van der Waals surface area contributed by atoms with Crippen molar-refractivity contribution < 1.29 is 26.7 Å². The van der Waals surface area contributed by atoms with Crippen molar-refractivity contribution in [1.82, 2.24) is 9.03 Å². The number of carbonyl (C=O) groups is 1. The Hall–Kier alpha value is -0.710.